The molecular weight excluding hydrogens is 376 g/mol. The van der Waals surface area contributed by atoms with Gasteiger partial charge in [0.15, 0.2) is 5.78 Å². The van der Waals surface area contributed by atoms with Gasteiger partial charge in [-0.15, -0.1) is 0 Å². The molecule has 0 amide bonds. The summed E-state index contributed by atoms with van der Waals surface area (Å²) in [7, 11) is 0. The lowest BCUT2D eigenvalue weighted by Crippen LogP contribution is -2.21. The molecule has 0 atom stereocenters. The van der Waals surface area contributed by atoms with E-state index in [0.29, 0.717) is 5.01 Å². The quantitative estimate of drug-likeness (QED) is 0.397. The van der Waals surface area contributed by atoms with Gasteiger partial charge in [-0.3, -0.25) is 20.3 Å². The van der Waals surface area contributed by atoms with E-state index in [-0.39, 0.29) is 33.8 Å². The Labute approximate surface area is 165 Å². The number of nitrogens with one attached hydrogen (secondary N) is 1. The van der Waals surface area contributed by atoms with Crippen molar-refractivity contribution in [3.63, 3.8) is 0 Å². The minimum atomic E-state index is -0.540. The molecule has 1 aromatic heterocycles. The van der Waals surface area contributed by atoms with Gasteiger partial charge in [-0.2, -0.15) is 5.10 Å². The summed E-state index contributed by atoms with van der Waals surface area (Å²) in [5.41, 5.74) is 2.22. The summed E-state index contributed by atoms with van der Waals surface area (Å²) in [5.74, 6) is -0.331. The molecule has 7 nitrogen and oxygen atoms in total. The molecule has 0 radical (unpaired) electrons. The zero-order valence-electron chi connectivity index (χ0n) is 15.8. The lowest BCUT2D eigenvalue weighted by atomic mass is 9.87. The standard InChI is InChI=1S/C20H20N4O3S/c1-20(2,3)15-9-7-13(8-10-15)18-22-23(19(21)28-18)12-17(25)14-5-4-6-16(11-14)24(26)27/h4-11,21H,12H2,1-3H3. The van der Waals surface area contributed by atoms with Gasteiger partial charge in [-0.05, 0) is 11.0 Å². The van der Waals surface area contributed by atoms with E-state index in [1.807, 2.05) is 24.3 Å². The zero-order valence-corrected chi connectivity index (χ0v) is 16.6. The first-order valence-corrected chi connectivity index (χ1v) is 9.48. The minimum Gasteiger partial charge on any atom is -0.292 e. The van der Waals surface area contributed by atoms with E-state index in [2.05, 4.69) is 25.9 Å². The number of non-ortho nitro benzene ring substituents is 1. The fourth-order valence-electron chi connectivity index (χ4n) is 2.68. The maximum absolute atomic E-state index is 12.5. The average molecular weight is 396 g/mol. The number of carbonyl (C=O) groups is 1. The van der Waals surface area contributed by atoms with Crippen molar-refractivity contribution in [1.29, 1.82) is 5.41 Å². The Bertz CT molecular complexity index is 1090. The number of nitro benzene ring substituents is 1. The summed E-state index contributed by atoms with van der Waals surface area (Å²) in [4.78, 5) is 23.0. The van der Waals surface area contributed by atoms with Crippen LogP contribution in [-0.4, -0.2) is 20.5 Å². The predicted octanol–water partition coefficient (Wildman–Crippen LogP) is 4.18. The Hall–Kier alpha value is -3.13. The largest absolute Gasteiger partial charge is 0.292 e. The second-order valence-corrected chi connectivity index (χ2v) is 8.41. The Morgan fingerprint density at radius 1 is 1.21 bits per heavy atom. The smallest absolute Gasteiger partial charge is 0.270 e. The third kappa shape index (κ3) is 4.23. The van der Waals surface area contributed by atoms with Crippen molar-refractivity contribution in [2.75, 3.05) is 0 Å². The number of hydrogen-bond donors (Lipinski definition) is 1. The van der Waals surface area contributed by atoms with Crippen LogP contribution in [0.3, 0.4) is 0 Å². The summed E-state index contributed by atoms with van der Waals surface area (Å²) >= 11 is 1.18. The Morgan fingerprint density at radius 2 is 1.89 bits per heavy atom. The van der Waals surface area contributed by atoms with Gasteiger partial charge < -0.3 is 0 Å². The number of rotatable bonds is 5. The molecule has 1 N–H and O–H groups in total. The van der Waals surface area contributed by atoms with Crippen LogP contribution in [0.4, 0.5) is 5.69 Å². The van der Waals surface area contributed by atoms with E-state index in [1.54, 1.807) is 0 Å². The highest BCUT2D eigenvalue weighted by Crippen LogP contribution is 2.26. The van der Waals surface area contributed by atoms with E-state index < -0.39 is 4.92 Å². The van der Waals surface area contributed by atoms with Gasteiger partial charge in [-0.25, -0.2) is 4.68 Å². The highest BCUT2D eigenvalue weighted by atomic mass is 32.1. The number of Topliss-reactive ketones (excluding diaryl/α,β-unsaturated/α-hetero) is 1. The maximum Gasteiger partial charge on any atom is 0.270 e. The predicted molar refractivity (Wildman–Crippen MR) is 108 cm³/mol. The molecule has 0 saturated carbocycles. The fourth-order valence-corrected chi connectivity index (χ4v) is 3.46. The van der Waals surface area contributed by atoms with Crippen LogP contribution in [-0.2, 0) is 12.0 Å². The van der Waals surface area contributed by atoms with E-state index >= 15 is 0 Å². The van der Waals surface area contributed by atoms with Crippen molar-refractivity contribution in [3.8, 4) is 10.6 Å². The van der Waals surface area contributed by atoms with Crippen molar-refractivity contribution in [2.45, 2.75) is 32.7 Å². The lowest BCUT2D eigenvalue weighted by molar-refractivity contribution is -0.384. The molecule has 3 rings (SSSR count). The third-order valence-electron chi connectivity index (χ3n) is 4.31. The number of aromatic nitrogens is 2. The molecule has 3 aromatic rings. The van der Waals surface area contributed by atoms with Crippen LogP contribution in [0.15, 0.2) is 48.5 Å². The summed E-state index contributed by atoms with van der Waals surface area (Å²) in [6.45, 7) is 6.28. The highest BCUT2D eigenvalue weighted by Gasteiger charge is 2.16. The molecular formula is C20H20N4O3S. The number of carbonyl (C=O) groups excluding carboxylic acids is 1. The van der Waals surface area contributed by atoms with Crippen molar-refractivity contribution < 1.29 is 9.72 Å². The third-order valence-corrected chi connectivity index (χ3v) is 5.22. The maximum atomic E-state index is 12.5. The minimum absolute atomic E-state index is 0.0482. The van der Waals surface area contributed by atoms with Crippen LogP contribution in [0.25, 0.3) is 10.6 Å². The summed E-state index contributed by atoms with van der Waals surface area (Å²) in [5, 5.41) is 24.0. The highest BCUT2D eigenvalue weighted by molar-refractivity contribution is 7.12. The zero-order chi connectivity index (χ0) is 20.5. The first kappa shape index (κ1) is 19.6. The van der Waals surface area contributed by atoms with Crippen LogP contribution in [0.5, 0.6) is 0 Å². The summed E-state index contributed by atoms with van der Waals surface area (Å²) < 4.78 is 1.32. The first-order valence-electron chi connectivity index (χ1n) is 8.66. The van der Waals surface area contributed by atoms with Gasteiger partial charge in [0.25, 0.3) is 5.69 Å². The van der Waals surface area contributed by atoms with Gasteiger partial charge in [-0.1, -0.05) is 68.5 Å². The van der Waals surface area contributed by atoms with Gasteiger partial charge in [0.05, 0.1) is 4.92 Å². The number of nitrogens with zero attached hydrogens (tertiary/aromatic N) is 3. The molecule has 0 bridgehead atoms. The van der Waals surface area contributed by atoms with Crippen molar-refractivity contribution in [1.82, 2.24) is 9.78 Å². The fraction of sp³-hybridized carbons (Fsp3) is 0.250. The molecule has 0 fully saturated rings. The molecule has 144 valence electrons. The first-order chi connectivity index (χ1) is 13.1. The van der Waals surface area contributed by atoms with Crippen LogP contribution in [0.1, 0.15) is 36.7 Å². The second kappa shape index (κ2) is 7.47. The SMILES string of the molecule is CC(C)(C)c1ccc(-c2nn(CC(=O)c3cccc([N+](=O)[O-])c3)c(=N)s2)cc1. The van der Waals surface area contributed by atoms with Crippen LogP contribution >= 0.6 is 11.3 Å². The topological polar surface area (TPSA) is 102 Å². The van der Waals surface area contributed by atoms with Crippen LogP contribution in [0, 0.1) is 15.5 Å². The molecule has 0 spiro atoms. The Balaban J connectivity index is 1.83. The van der Waals surface area contributed by atoms with E-state index in [4.69, 9.17) is 5.41 Å². The molecule has 0 unspecified atom stereocenters. The van der Waals surface area contributed by atoms with Crippen LogP contribution < -0.4 is 4.80 Å². The number of hydrogen-bond acceptors (Lipinski definition) is 6. The van der Waals surface area contributed by atoms with Crippen molar-refractivity contribution in [2.24, 2.45) is 0 Å². The Kier molecular flexibility index (Phi) is 5.24. The molecule has 1 heterocycles. The van der Waals surface area contributed by atoms with Gasteiger partial charge in [0.1, 0.15) is 11.6 Å². The molecule has 28 heavy (non-hydrogen) atoms. The van der Waals surface area contributed by atoms with E-state index in [0.717, 1.165) is 5.56 Å². The Morgan fingerprint density at radius 3 is 2.50 bits per heavy atom. The summed E-state index contributed by atoms with van der Waals surface area (Å²) in [6.07, 6.45) is 0. The number of nitro groups is 1. The molecule has 8 heteroatoms. The molecule has 0 saturated heterocycles. The van der Waals surface area contributed by atoms with Crippen molar-refractivity contribution >= 4 is 22.8 Å². The van der Waals surface area contributed by atoms with E-state index in [9.17, 15) is 14.9 Å². The van der Waals surface area contributed by atoms with Gasteiger partial charge >= 0.3 is 0 Å². The lowest BCUT2D eigenvalue weighted by Gasteiger charge is -2.18. The molecule has 0 aliphatic heterocycles. The second-order valence-electron chi connectivity index (χ2n) is 7.43. The van der Waals surface area contributed by atoms with Crippen LogP contribution in [0.2, 0.25) is 0 Å². The molecule has 0 aliphatic rings. The molecule has 0 aliphatic carbocycles. The number of benzene rings is 2. The number of ketones is 1. The molecule has 2 aromatic carbocycles. The van der Waals surface area contributed by atoms with Gasteiger partial charge in [0.2, 0.25) is 4.80 Å². The summed E-state index contributed by atoms with van der Waals surface area (Å²) in [6, 6.07) is 13.6. The normalized spacial score (nSPS) is 11.4. The van der Waals surface area contributed by atoms with Gasteiger partial charge in [0, 0.05) is 23.3 Å². The van der Waals surface area contributed by atoms with Crippen molar-refractivity contribution in [3.05, 3.63) is 74.6 Å². The average Bonchev–Trinajstić information content (AvgIpc) is 3.01. The van der Waals surface area contributed by atoms with E-state index in [1.165, 1.54) is 45.8 Å². The monoisotopic (exact) mass is 396 g/mol.